The Morgan fingerprint density at radius 3 is 2.59 bits per heavy atom. The Morgan fingerprint density at radius 2 is 1.86 bits per heavy atom. The Kier molecular flexibility index (Phi) is 6.66. The van der Waals surface area contributed by atoms with Crippen molar-refractivity contribution in [3.8, 4) is 28.7 Å². The number of nitrogens with one attached hydrogen (secondary N) is 1. The van der Waals surface area contributed by atoms with Crippen molar-refractivity contribution in [1.29, 1.82) is 0 Å². The number of aryl methyl sites for hydroxylation is 1. The van der Waals surface area contributed by atoms with Crippen molar-refractivity contribution in [2.24, 2.45) is 0 Å². The number of nitrogens with zero attached hydrogens (tertiary/aromatic N) is 5. The minimum Gasteiger partial charge on any atom is -0.406 e. The van der Waals surface area contributed by atoms with Crippen LogP contribution in [0.25, 0.3) is 23.0 Å². The predicted octanol–water partition coefficient (Wildman–Crippen LogP) is 3.90. The van der Waals surface area contributed by atoms with Crippen molar-refractivity contribution in [2.75, 3.05) is 26.2 Å². The topological polar surface area (TPSA) is 98.3 Å². The van der Waals surface area contributed by atoms with Gasteiger partial charge in [-0.2, -0.15) is 10.1 Å². The molecular weight excluding hydrogens is 489 g/mol. The van der Waals surface area contributed by atoms with Gasteiger partial charge in [-0.25, -0.2) is 0 Å². The predicted molar refractivity (Wildman–Crippen MR) is 127 cm³/mol. The molecule has 1 aliphatic rings. The lowest BCUT2D eigenvalue weighted by Crippen LogP contribution is -2.46. The van der Waals surface area contributed by atoms with E-state index in [0.717, 1.165) is 24.3 Å². The first-order valence-electron chi connectivity index (χ1n) is 11.6. The number of hydrogen-bond acceptors (Lipinski definition) is 7. The lowest BCUT2D eigenvalue weighted by Gasteiger charge is -2.27. The minimum atomic E-state index is -4.76. The van der Waals surface area contributed by atoms with Crippen molar-refractivity contribution in [1.82, 2.24) is 30.1 Å². The summed E-state index contributed by atoms with van der Waals surface area (Å²) in [5, 5.41) is 11.7. The molecule has 4 aromatic rings. The molecule has 2 aromatic heterocycles. The van der Waals surface area contributed by atoms with Gasteiger partial charge >= 0.3 is 6.36 Å². The van der Waals surface area contributed by atoms with Crippen molar-refractivity contribution in [3.05, 3.63) is 71.4 Å². The zero-order chi connectivity index (χ0) is 26.0. The number of aromatic nitrogens is 4. The number of hydrogen-bond donors (Lipinski definition) is 1. The number of halogens is 3. The Balaban J connectivity index is 1.30. The molecule has 192 valence electrons. The van der Waals surface area contributed by atoms with Crippen LogP contribution in [0.4, 0.5) is 13.2 Å². The van der Waals surface area contributed by atoms with Crippen molar-refractivity contribution in [2.45, 2.75) is 19.8 Å². The number of rotatable bonds is 6. The number of amides is 1. The van der Waals surface area contributed by atoms with E-state index >= 15 is 0 Å². The van der Waals surface area contributed by atoms with Gasteiger partial charge in [0.05, 0.1) is 6.54 Å². The third-order valence-electron chi connectivity index (χ3n) is 5.88. The highest BCUT2D eigenvalue weighted by Crippen LogP contribution is 2.27. The molecule has 2 aromatic carbocycles. The molecule has 9 nitrogen and oxygen atoms in total. The van der Waals surface area contributed by atoms with E-state index in [2.05, 4.69) is 25.3 Å². The van der Waals surface area contributed by atoms with E-state index in [-0.39, 0.29) is 23.4 Å². The molecule has 1 saturated heterocycles. The highest BCUT2D eigenvalue weighted by atomic mass is 19.4. The van der Waals surface area contributed by atoms with Gasteiger partial charge in [-0.15, -0.1) is 13.2 Å². The smallest absolute Gasteiger partial charge is 0.406 e. The van der Waals surface area contributed by atoms with Crippen LogP contribution in [0.3, 0.4) is 0 Å². The van der Waals surface area contributed by atoms with Gasteiger partial charge in [-0.1, -0.05) is 17.3 Å². The molecule has 0 saturated carbocycles. The molecule has 12 heteroatoms. The van der Waals surface area contributed by atoms with E-state index in [1.54, 1.807) is 10.7 Å². The largest absolute Gasteiger partial charge is 0.573 e. The summed E-state index contributed by atoms with van der Waals surface area (Å²) < 4.78 is 48.1. The SMILES string of the molecule is Cc1cc(-c2nc(-c3ccc(OC(F)(F)F)cc3)no2)nn1Cc1cccc(C(=O)N2CCNCC2)c1. The first kappa shape index (κ1) is 24.5. The average Bonchev–Trinajstić information content (AvgIpc) is 3.51. The van der Waals surface area contributed by atoms with Gasteiger partial charge in [0.1, 0.15) is 5.75 Å². The van der Waals surface area contributed by atoms with Crippen molar-refractivity contribution >= 4 is 5.91 Å². The van der Waals surface area contributed by atoms with Crippen LogP contribution in [0.5, 0.6) is 5.75 Å². The maximum absolute atomic E-state index is 12.9. The summed E-state index contributed by atoms with van der Waals surface area (Å²) in [4.78, 5) is 19.0. The lowest BCUT2D eigenvalue weighted by atomic mass is 10.1. The second-order valence-electron chi connectivity index (χ2n) is 8.57. The molecule has 1 aliphatic heterocycles. The first-order chi connectivity index (χ1) is 17.7. The number of piperazine rings is 1. The Bertz CT molecular complexity index is 1390. The number of carbonyl (C=O) groups is 1. The fraction of sp³-hybridized carbons (Fsp3) is 0.280. The third-order valence-corrected chi connectivity index (χ3v) is 5.88. The quantitative estimate of drug-likeness (QED) is 0.418. The molecule has 0 spiro atoms. The molecule has 0 aliphatic carbocycles. The molecule has 3 heterocycles. The number of carbonyl (C=O) groups excluding carboxylic acids is 1. The monoisotopic (exact) mass is 512 g/mol. The van der Waals surface area contributed by atoms with E-state index in [1.807, 2.05) is 36.1 Å². The Morgan fingerprint density at radius 1 is 1.11 bits per heavy atom. The van der Waals surface area contributed by atoms with Gasteiger partial charge in [0.2, 0.25) is 5.82 Å². The highest BCUT2D eigenvalue weighted by molar-refractivity contribution is 5.94. The molecule has 0 atom stereocenters. The van der Waals surface area contributed by atoms with E-state index < -0.39 is 6.36 Å². The van der Waals surface area contributed by atoms with Crippen molar-refractivity contribution in [3.63, 3.8) is 0 Å². The van der Waals surface area contributed by atoms with Gasteiger partial charge in [-0.3, -0.25) is 9.48 Å². The van der Waals surface area contributed by atoms with Gasteiger partial charge in [0.25, 0.3) is 11.8 Å². The van der Waals surface area contributed by atoms with Crippen LogP contribution in [0.15, 0.2) is 59.1 Å². The second-order valence-corrected chi connectivity index (χ2v) is 8.57. The van der Waals surface area contributed by atoms with Gasteiger partial charge in [0, 0.05) is 43.0 Å². The van der Waals surface area contributed by atoms with E-state index in [4.69, 9.17) is 4.52 Å². The fourth-order valence-corrected chi connectivity index (χ4v) is 4.05. The molecule has 1 amide bonds. The Labute approximate surface area is 209 Å². The summed E-state index contributed by atoms with van der Waals surface area (Å²) >= 11 is 0. The van der Waals surface area contributed by atoms with Crippen LogP contribution >= 0.6 is 0 Å². The normalized spacial score (nSPS) is 14.1. The van der Waals surface area contributed by atoms with Gasteiger partial charge in [0.15, 0.2) is 5.69 Å². The minimum absolute atomic E-state index is 0.0117. The summed E-state index contributed by atoms with van der Waals surface area (Å²) in [6.45, 7) is 5.27. The fourth-order valence-electron chi connectivity index (χ4n) is 4.05. The number of benzene rings is 2. The lowest BCUT2D eigenvalue weighted by molar-refractivity contribution is -0.274. The second kappa shape index (κ2) is 10.1. The van der Waals surface area contributed by atoms with E-state index in [9.17, 15) is 18.0 Å². The van der Waals surface area contributed by atoms with Gasteiger partial charge < -0.3 is 19.5 Å². The standard InChI is InChI=1S/C25H23F3N6O3/c1-16-13-21(23-30-22(32-37-23)18-5-7-20(8-6-18)36-25(26,27)28)31-34(16)15-17-3-2-4-19(14-17)24(35)33-11-9-29-10-12-33/h2-8,13-14,29H,9-12,15H2,1H3. The average molecular weight is 512 g/mol. The van der Waals surface area contributed by atoms with Crippen LogP contribution in [0, 0.1) is 6.92 Å². The molecule has 5 rings (SSSR count). The molecule has 37 heavy (non-hydrogen) atoms. The maximum atomic E-state index is 12.9. The highest BCUT2D eigenvalue weighted by Gasteiger charge is 2.31. The van der Waals surface area contributed by atoms with Crippen LogP contribution in [-0.4, -0.2) is 63.3 Å². The number of ether oxygens (including phenoxy) is 1. The summed E-state index contributed by atoms with van der Waals surface area (Å²) in [5.41, 5.74) is 3.33. The molecule has 0 radical (unpaired) electrons. The molecular formula is C25H23F3N6O3. The molecule has 1 fully saturated rings. The summed E-state index contributed by atoms with van der Waals surface area (Å²) in [7, 11) is 0. The van der Waals surface area contributed by atoms with E-state index in [0.29, 0.717) is 36.5 Å². The molecule has 0 unspecified atom stereocenters. The van der Waals surface area contributed by atoms with Crippen LogP contribution in [0.2, 0.25) is 0 Å². The van der Waals surface area contributed by atoms with Crippen molar-refractivity contribution < 1.29 is 27.2 Å². The number of alkyl halides is 3. The van der Waals surface area contributed by atoms with Crippen LogP contribution < -0.4 is 10.1 Å². The molecule has 0 bridgehead atoms. The van der Waals surface area contributed by atoms with Crippen LogP contribution in [-0.2, 0) is 6.54 Å². The maximum Gasteiger partial charge on any atom is 0.573 e. The zero-order valence-corrected chi connectivity index (χ0v) is 19.8. The van der Waals surface area contributed by atoms with Gasteiger partial charge in [-0.05, 0) is 55.0 Å². The summed E-state index contributed by atoms with van der Waals surface area (Å²) in [5.74, 6) is 0.0562. The summed E-state index contributed by atoms with van der Waals surface area (Å²) in [6, 6.07) is 14.5. The van der Waals surface area contributed by atoms with Crippen LogP contribution in [0.1, 0.15) is 21.6 Å². The third kappa shape index (κ3) is 5.80. The zero-order valence-electron chi connectivity index (χ0n) is 19.8. The first-order valence-corrected chi connectivity index (χ1v) is 11.6. The van der Waals surface area contributed by atoms with E-state index in [1.165, 1.54) is 24.3 Å². The molecule has 1 N–H and O–H groups in total. The summed E-state index contributed by atoms with van der Waals surface area (Å²) in [6.07, 6.45) is -4.76. The Hall–Kier alpha value is -4.19.